The lowest BCUT2D eigenvalue weighted by molar-refractivity contribution is -0.137. The van der Waals surface area contributed by atoms with Crippen LogP contribution in [0, 0.1) is 0 Å². The first-order valence-electron chi connectivity index (χ1n) is 4.68. The van der Waals surface area contributed by atoms with Gasteiger partial charge >= 0.3 is 6.18 Å². The van der Waals surface area contributed by atoms with Gasteiger partial charge in [0.1, 0.15) is 0 Å². The zero-order valence-electron chi connectivity index (χ0n) is 9.05. The summed E-state index contributed by atoms with van der Waals surface area (Å²) in [7, 11) is 0.893. The van der Waals surface area contributed by atoms with Gasteiger partial charge in [0.2, 0.25) is 0 Å². The molecule has 0 saturated heterocycles. The summed E-state index contributed by atoms with van der Waals surface area (Å²) in [5, 5.41) is 0. The van der Waals surface area contributed by atoms with E-state index in [9.17, 15) is 21.6 Å². The molecule has 0 radical (unpaired) electrons. The largest absolute Gasteiger partial charge is 0.416 e. The zero-order chi connectivity index (χ0) is 13.4. The summed E-state index contributed by atoms with van der Waals surface area (Å²) < 4.78 is 59.9. The van der Waals surface area contributed by atoms with Crippen LogP contribution in [0.1, 0.15) is 30.9 Å². The van der Waals surface area contributed by atoms with Crippen molar-refractivity contribution in [1.82, 2.24) is 0 Å². The number of hydrogen-bond donors (Lipinski definition) is 0. The standard InChI is InChI=1S/C10H10ClF3O2S/c1-6(2)7-3-8(10(12,13)14)5-9(4-7)17(11,15)16/h3-6H,1-2H3. The van der Waals surface area contributed by atoms with Crippen molar-refractivity contribution < 1.29 is 21.6 Å². The van der Waals surface area contributed by atoms with Crippen LogP contribution in [0.15, 0.2) is 23.1 Å². The average molecular weight is 287 g/mol. The molecule has 2 nitrogen and oxygen atoms in total. The van der Waals surface area contributed by atoms with E-state index in [0.29, 0.717) is 6.07 Å². The third-order valence-electron chi connectivity index (χ3n) is 2.20. The first kappa shape index (κ1) is 14.3. The molecule has 0 amide bonds. The van der Waals surface area contributed by atoms with Crippen LogP contribution in [0.5, 0.6) is 0 Å². The van der Waals surface area contributed by atoms with Gasteiger partial charge in [0.15, 0.2) is 0 Å². The summed E-state index contributed by atoms with van der Waals surface area (Å²) in [4.78, 5) is -0.530. The Morgan fingerprint density at radius 3 is 2.06 bits per heavy atom. The zero-order valence-corrected chi connectivity index (χ0v) is 10.6. The van der Waals surface area contributed by atoms with Crippen molar-refractivity contribution in [3.8, 4) is 0 Å². The van der Waals surface area contributed by atoms with Gasteiger partial charge in [0.25, 0.3) is 9.05 Å². The topological polar surface area (TPSA) is 34.1 Å². The summed E-state index contributed by atoms with van der Waals surface area (Å²) in [6.07, 6.45) is -4.60. The molecular weight excluding hydrogens is 277 g/mol. The molecule has 0 saturated carbocycles. The quantitative estimate of drug-likeness (QED) is 0.776. The Hall–Kier alpha value is -0.750. The van der Waals surface area contributed by atoms with Gasteiger partial charge in [-0.2, -0.15) is 13.2 Å². The predicted octanol–water partition coefficient (Wildman–Crippen LogP) is 3.76. The van der Waals surface area contributed by atoms with Gasteiger partial charge in [-0.05, 0) is 29.7 Å². The molecule has 0 bridgehead atoms. The van der Waals surface area contributed by atoms with Crippen molar-refractivity contribution in [1.29, 1.82) is 0 Å². The van der Waals surface area contributed by atoms with Crippen LogP contribution in [0.2, 0.25) is 0 Å². The van der Waals surface area contributed by atoms with E-state index >= 15 is 0 Å². The summed E-state index contributed by atoms with van der Waals surface area (Å²) >= 11 is 0. The maximum atomic E-state index is 12.6. The maximum absolute atomic E-state index is 12.6. The van der Waals surface area contributed by atoms with Crippen molar-refractivity contribution in [2.75, 3.05) is 0 Å². The van der Waals surface area contributed by atoms with E-state index in [0.717, 1.165) is 12.1 Å². The van der Waals surface area contributed by atoms with Crippen molar-refractivity contribution in [2.24, 2.45) is 0 Å². The van der Waals surface area contributed by atoms with Crippen LogP contribution < -0.4 is 0 Å². The van der Waals surface area contributed by atoms with Crippen LogP contribution in [-0.4, -0.2) is 8.42 Å². The molecule has 96 valence electrons. The van der Waals surface area contributed by atoms with Gasteiger partial charge in [-0.15, -0.1) is 0 Å². The van der Waals surface area contributed by atoms with Crippen LogP contribution in [-0.2, 0) is 15.2 Å². The molecule has 0 atom stereocenters. The van der Waals surface area contributed by atoms with Crippen LogP contribution in [0.4, 0.5) is 13.2 Å². The maximum Gasteiger partial charge on any atom is 0.416 e. The first-order valence-corrected chi connectivity index (χ1v) is 6.99. The van der Waals surface area contributed by atoms with E-state index < -0.39 is 25.7 Å². The van der Waals surface area contributed by atoms with E-state index in [1.807, 2.05) is 0 Å². The predicted molar refractivity (Wildman–Crippen MR) is 58.6 cm³/mol. The molecule has 7 heteroatoms. The van der Waals surface area contributed by atoms with E-state index in [2.05, 4.69) is 0 Å². The molecule has 0 aliphatic heterocycles. The molecule has 17 heavy (non-hydrogen) atoms. The Morgan fingerprint density at radius 1 is 1.18 bits per heavy atom. The fraction of sp³-hybridized carbons (Fsp3) is 0.400. The molecule has 1 aromatic carbocycles. The molecule has 0 aliphatic carbocycles. The third-order valence-corrected chi connectivity index (χ3v) is 3.54. The van der Waals surface area contributed by atoms with Crippen molar-refractivity contribution in [3.05, 3.63) is 29.3 Å². The minimum atomic E-state index is -4.60. The fourth-order valence-electron chi connectivity index (χ4n) is 1.26. The highest BCUT2D eigenvalue weighted by Gasteiger charge is 2.32. The molecule has 0 N–H and O–H groups in total. The lowest BCUT2D eigenvalue weighted by atomic mass is 10.0. The highest BCUT2D eigenvalue weighted by Crippen LogP contribution is 2.34. The summed E-state index contributed by atoms with van der Waals surface area (Å²) in [5.41, 5.74) is -0.734. The molecular formula is C10H10ClF3O2S. The van der Waals surface area contributed by atoms with Crippen molar-refractivity contribution in [3.63, 3.8) is 0 Å². The molecule has 0 fully saturated rings. The van der Waals surface area contributed by atoms with Crippen molar-refractivity contribution >= 4 is 19.7 Å². The number of rotatable bonds is 2. The Bertz CT molecular complexity index is 521. The van der Waals surface area contributed by atoms with Gasteiger partial charge < -0.3 is 0 Å². The number of hydrogen-bond acceptors (Lipinski definition) is 2. The highest BCUT2D eigenvalue weighted by atomic mass is 35.7. The average Bonchev–Trinajstić information content (AvgIpc) is 2.14. The summed E-state index contributed by atoms with van der Waals surface area (Å²) in [6.45, 7) is 3.33. The van der Waals surface area contributed by atoms with Gasteiger partial charge in [-0.25, -0.2) is 8.42 Å². The summed E-state index contributed by atoms with van der Waals surface area (Å²) in [6, 6.07) is 2.62. The molecule has 0 aliphatic rings. The Balaban J connectivity index is 3.51. The van der Waals surface area contributed by atoms with Crippen LogP contribution in [0.25, 0.3) is 0 Å². The normalized spacial score (nSPS) is 13.1. The van der Waals surface area contributed by atoms with E-state index in [1.165, 1.54) is 0 Å². The first-order chi connectivity index (χ1) is 7.51. The number of alkyl halides is 3. The minimum absolute atomic E-state index is 0.227. The van der Waals surface area contributed by atoms with Crippen molar-refractivity contribution in [2.45, 2.75) is 30.8 Å². The van der Waals surface area contributed by atoms with E-state index in [4.69, 9.17) is 10.7 Å². The number of halogens is 4. The van der Waals surface area contributed by atoms with E-state index in [1.54, 1.807) is 13.8 Å². The monoisotopic (exact) mass is 286 g/mol. The molecule has 1 aromatic rings. The molecule has 1 rings (SSSR count). The SMILES string of the molecule is CC(C)c1cc(C(F)(F)F)cc(S(=O)(=O)Cl)c1. The van der Waals surface area contributed by atoms with Gasteiger partial charge in [0, 0.05) is 10.7 Å². The molecule has 0 unspecified atom stereocenters. The second-order valence-electron chi connectivity index (χ2n) is 3.88. The fourth-order valence-corrected chi connectivity index (χ4v) is 2.07. The smallest absolute Gasteiger partial charge is 0.207 e. The second kappa shape index (κ2) is 4.49. The Labute approximate surface area is 102 Å². The minimum Gasteiger partial charge on any atom is -0.207 e. The lowest BCUT2D eigenvalue weighted by Gasteiger charge is -2.12. The Kier molecular flexibility index (Phi) is 3.78. The summed E-state index contributed by atoms with van der Waals surface area (Å²) in [5.74, 6) is -0.227. The lowest BCUT2D eigenvalue weighted by Crippen LogP contribution is -2.08. The Morgan fingerprint density at radius 2 is 1.71 bits per heavy atom. The molecule has 0 aromatic heterocycles. The highest BCUT2D eigenvalue weighted by molar-refractivity contribution is 8.13. The van der Waals surface area contributed by atoms with Crippen LogP contribution in [0.3, 0.4) is 0 Å². The van der Waals surface area contributed by atoms with Crippen LogP contribution >= 0.6 is 10.7 Å². The van der Waals surface area contributed by atoms with Gasteiger partial charge in [-0.3, -0.25) is 0 Å². The third kappa shape index (κ3) is 3.61. The van der Waals surface area contributed by atoms with Gasteiger partial charge in [0.05, 0.1) is 10.5 Å². The number of benzene rings is 1. The van der Waals surface area contributed by atoms with E-state index in [-0.39, 0.29) is 11.5 Å². The van der Waals surface area contributed by atoms with Gasteiger partial charge in [-0.1, -0.05) is 13.8 Å². The molecule has 0 spiro atoms. The molecule has 0 heterocycles. The second-order valence-corrected chi connectivity index (χ2v) is 6.45.